The maximum Gasteiger partial charge on any atom is 0.387 e. The summed E-state index contributed by atoms with van der Waals surface area (Å²) >= 11 is 0. The predicted octanol–water partition coefficient (Wildman–Crippen LogP) is 4.48. The van der Waals surface area contributed by atoms with E-state index in [1.807, 2.05) is 32.9 Å². The molecule has 5 nitrogen and oxygen atoms in total. The third-order valence-corrected chi connectivity index (χ3v) is 3.95. The Morgan fingerprint density at radius 3 is 2.39 bits per heavy atom. The fraction of sp³-hybridized carbons (Fsp3) is 0.350. The Morgan fingerprint density at radius 1 is 1.14 bits per heavy atom. The fourth-order valence-electron chi connectivity index (χ4n) is 2.69. The van der Waals surface area contributed by atoms with Crippen LogP contribution in [-0.4, -0.2) is 24.2 Å². The molecular formula is C20H26F2IN3O2. The van der Waals surface area contributed by atoms with Gasteiger partial charge in [0.1, 0.15) is 11.5 Å². The molecular weight excluding hydrogens is 479 g/mol. The molecule has 0 unspecified atom stereocenters. The van der Waals surface area contributed by atoms with Gasteiger partial charge in [0.25, 0.3) is 0 Å². The quantitative estimate of drug-likeness (QED) is 0.295. The van der Waals surface area contributed by atoms with Gasteiger partial charge in [0, 0.05) is 18.7 Å². The monoisotopic (exact) mass is 505 g/mol. The fourth-order valence-corrected chi connectivity index (χ4v) is 2.69. The molecule has 8 heteroatoms. The SMILES string of the molecule is CCNC(=NCc1cc(C)c(O)c(C)c1)NCc1ccccc1OC(F)F.I. The minimum atomic E-state index is -2.87. The number of aliphatic imine (C=N–C) groups is 1. The van der Waals surface area contributed by atoms with Crippen LogP contribution in [0.5, 0.6) is 11.5 Å². The van der Waals surface area contributed by atoms with Gasteiger partial charge in [-0.1, -0.05) is 30.3 Å². The molecule has 154 valence electrons. The van der Waals surface area contributed by atoms with E-state index in [1.54, 1.807) is 18.2 Å². The lowest BCUT2D eigenvalue weighted by atomic mass is 10.1. The predicted molar refractivity (Wildman–Crippen MR) is 118 cm³/mol. The number of rotatable bonds is 7. The van der Waals surface area contributed by atoms with E-state index >= 15 is 0 Å². The molecule has 2 aromatic carbocycles. The number of phenols is 1. The number of nitrogens with zero attached hydrogens (tertiary/aromatic N) is 1. The summed E-state index contributed by atoms with van der Waals surface area (Å²) in [5, 5.41) is 16.1. The average molecular weight is 505 g/mol. The normalized spacial score (nSPS) is 11.1. The topological polar surface area (TPSA) is 65.9 Å². The van der Waals surface area contributed by atoms with Crippen molar-refractivity contribution in [2.45, 2.75) is 40.5 Å². The lowest BCUT2D eigenvalue weighted by molar-refractivity contribution is -0.0504. The number of aryl methyl sites for hydroxylation is 2. The van der Waals surface area contributed by atoms with Crippen molar-refractivity contribution in [2.24, 2.45) is 4.99 Å². The zero-order valence-corrected chi connectivity index (χ0v) is 18.5. The lowest BCUT2D eigenvalue weighted by Crippen LogP contribution is -2.36. The molecule has 0 aromatic heterocycles. The van der Waals surface area contributed by atoms with Crippen LogP contribution in [0.2, 0.25) is 0 Å². The number of alkyl halides is 2. The van der Waals surface area contributed by atoms with Crippen molar-refractivity contribution in [3.63, 3.8) is 0 Å². The van der Waals surface area contributed by atoms with Crippen molar-refractivity contribution < 1.29 is 18.6 Å². The molecule has 2 aromatic rings. The number of phenolic OH excluding ortho intramolecular Hbond substituents is 1. The van der Waals surface area contributed by atoms with E-state index in [0.29, 0.717) is 36.9 Å². The maximum atomic E-state index is 12.5. The summed E-state index contributed by atoms with van der Waals surface area (Å²) < 4.78 is 29.6. The number of ether oxygens (including phenoxy) is 1. The van der Waals surface area contributed by atoms with Crippen molar-refractivity contribution in [1.82, 2.24) is 10.6 Å². The van der Waals surface area contributed by atoms with Gasteiger partial charge in [0.2, 0.25) is 0 Å². The second-order valence-electron chi connectivity index (χ2n) is 6.11. The second kappa shape index (κ2) is 11.7. The molecule has 0 atom stereocenters. The highest BCUT2D eigenvalue weighted by Crippen LogP contribution is 2.23. The molecule has 0 radical (unpaired) electrons. The van der Waals surface area contributed by atoms with Crippen molar-refractivity contribution in [3.05, 3.63) is 58.7 Å². The van der Waals surface area contributed by atoms with Crippen LogP contribution in [0, 0.1) is 13.8 Å². The number of benzene rings is 2. The third-order valence-electron chi connectivity index (χ3n) is 3.95. The first-order chi connectivity index (χ1) is 12.9. The van der Waals surface area contributed by atoms with E-state index < -0.39 is 6.61 Å². The number of guanidine groups is 1. The lowest BCUT2D eigenvalue weighted by Gasteiger charge is -2.14. The van der Waals surface area contributed by atoms with Crippen LogP contribution in [-0.2, 0) is 13.1 Å². The van der Waals surface area contributed by atoms with Gasteiger partial charge in [-0.2, -0.15) is 8.78 Å². The summed E-state index contributed by atoms with van der Waals surface area (Å²) in [6, 6.07) is 10.4. The van der Waals surface area contributed by atoms with Crippen LogP contribution in [0.4, 0.5) is 8.78 Å². The maximum absolute atomic E-state index is 12.5. The Morgan fingerprint density at radius 2 is 1.79 bits per heavy atom. The summed E-state index contributed by atoms with van der Waals surface area (Å²) in [6.45, 7) is 4.15. The van der Waals surface area contributed by atoms with E-state index in [0.717, 1.165) is 16.7 Å². The highest BCUT2D eigenvalue weighted by molar-refractivity contribution is 14.0. The number of para-hydroxylation sites is 1. The van der Waals surface area contributed by atoms with Gasteiger partial charge in [-0.15, -0.1) is 24.0 Å². The van der Waals surface area contributed by atoms with E-state index in [9.17, 15) is 13.9 Å². The molecule has 2 rings (SSSR count). The zero-order valence-electron chi connectivity index (χ0n) is 16.1. The first kappa shape index (κ1) is 23.9. The number of aromatic hydroxyl groups is 1. The van der Waals surface area contributed by atoms with E-state index in [-0.39, 0.29) is 29.7 Å². The summed E-state index contributed by atoms with van der Waals surface area (Å²) in [5.74, 6) is 0.997. The highest BCUT2D eigenvalue weighted by Gasteiger charge is 2.09. The second-order valence-corrected chi connectivity index (χ2v) is 6.11. The standard InChI is InChI=1S/C20H25F2N3O2.HI/c1-4-23-20(24-11-15-9-13(2)18(26)14(3)10-15)25-12-16-7-5-6-8-17(16)27-19(21)22;/h5-10,19,26H,4,11-12H2,1-3H3,(H2,23,24,25);1H. The van der Waals surface area contributed by atoms with Crippen molar-refractivity contribution >= 4 is 29.9 Å². The summed E-state index contributed by atoms with van der Waals surface area (Å²) in [7, 11) is 0. The van der Waals surface area contributed by atoms with Crippen molar-refractivity contribution in [2.75, 3.05) is 6.54 Å². The molecule has 0 bridgehead atoms. The molecule has 0 aliphatic heterocycles. The first-order valence-electron chi connectivity index (χ1n) is 8.74. The minimum absolute atomic E-state index is 0. The third kappa shape index (κ3) is 7.14. The average Bonchev–Trinajstić information content (AvgIpc) is 2.62. The smallest absolute Gasteiger partial charge is 0.387 e. The van der Waals surface area contributed by atoms with Crippen LogP contribution in [0.25, 0.3) is 0 Å². The molecule has 0 fully saturated rings. The molecule has 0 saturated heterocycles. The summed E-state index contributed by atoms with van der Waals surface area (Å²) in [4.78, 5) is 4.53. The molecule has 0 amide bonds. The number of nitrogens with one attached hydrogen (secondary N) is 2. The van der Waals surface area contributed by atoms with Gasteiger partial charge in [-0.25, -0.2) is 4.99 Å². The number of hydrogen-bond acceptors (Lipinski definition) is 3. The Balaban J connectivity index is 0.00000392. The van der Waals surface area contributed by atoms with Crippen molar-refractivity contribution in [1.29, 1.82) is 0 Å². The largest absolute Gasteiger partial charge is 0.507 e. The molecule has 28 heavy (non-hydrogen) atoms. The Hall–Kier alpha value is -2.10. The van der Waals surface area contributed by atoms with Crippen LogP contribution < -0.4 is 15.4 Å². The van der Waals surface area contributed by atoms with E-state index in [4.69, 9.17) is 0 Å². The number of hydrogen-bond donors (Lipinski definition) is 3. The minimum Gasteiger partial charge on any atom is -0.507 e. The summed E-state index contributed by atoms with van der Waals surface area (Å²) in [6.07, 6.45) is 0. The molecule has 3 N–H and O–H groups in total. The molecule has 0 spiro atoms. The van der Waals surface area contributed by atoms with Crippen LogP contribution in [0.3, 0.4) is 0 Å². The molecule has 0 saturated carbocycles. The van der Waals surface area contributed by atoms with Crippen molar-refractivity contribution in [3.8, 4) is 11.5 Å². The Kier molecular flexibility index (Phi) is 9.98. The molecule has 0 aliphatic rings. The molecule has 0 heterocycles. The first-order valence-corrected chi connectivity index (χ1v) is 8.74. The van der Waals surface area contributed by atoms with E-state index in [2.05, 4.69) is 20.4 Å². The van der Waals surface area contributed by atoms with Gasteiger partial charge in [-0.3, -0.25) is 0 Å². The van der Waals surface area contributed by atoms with Gasteiger partial charge >= 0.3 is 6.61 Å². The zero-order chi connectivity index (χ0) is 19.8. The van der Waals surface area contributed by atoms with Gasteiger partial charge in [0.05, 0.1) is 6.54 Å². The van der Waals surface area contributed by atoms with Crippen LogP contribution in [0.1, 0.15) is 29.2 Å². The van der Waals surface area contributed by atoms with Gasteiger partial charge < -0.3 is 20.5 Å². The molecule has 0 aliphatic carbocycles. The van der Waals surface area contributed by atoms with E-state index in [1.165, 1.54) is 6.07 Å². The highest BCUT2D eigenvalue weighted by atomic mass is 127. The Bertz CT molecular complexity index is 778. The summed E-state index contributed by atoms with van der Waals surface area (Å²) in [5.41, 5.74) is 3.19. The van der Waals surface area contributed by atoms with Gasteiger partial charge in [-0.05, 0) is 43.5 Å². The van der Waals surface area contributed by atoms with Gasteiger partial charge in [0.15, 0.2) is 5.96 Å². The van der Waals surface area contributed by atoms with Crippen LogP contribution >= 0.6 is 24.0 Å². The number of halogens is 3. The Labute approximate surface area is 181 Å². The van der Waals surface area contributed by atoms with Crippen LogP contribution in [0.15, 0.2) is 41.4 Å².